The SMILES string of the molecule is N#Cc1ccc(Cl)cc1NC(=O)CN1CC[C@@H]2CCCC[C@@H]2C1. The van der Waals surface area contributed by atoms with E-state index >= 15 is 0 Å². The summed E-state index contributed by atoms with van der Waals surface area (Å²) in [5, 5.41) is 12.5. The summed E-state index contributed by atoms with van der Waals surface area (Å²) in [7, 11) is 0. The molecular weight excluding hydrogens is 310 g/mol. The summed E-state index contributed by atoms with van der Waals surface area (Å²) in [5.74, 6) is 1.55. The average Bonchev–Trinajstić information content (AvgIpc) is 2.55. The van der Waals surface area contributed by atoms with Crippen LogP contribution < -0.4 is 5.32 Å². The number of carbonyl (C=O) groups is 1. The van der Waals surface area contributed by atoms with Crippen LogP contribution in [0.25, 0.3) is 0 Å². The molecule has 1 N–H and O–H groups in total. The van der Waals surface area contributed by atoms with Gasteiger partial charge in [0.2, 0.25) is 5.91 Å². The number of hydrogen-bond donors (Lipinski definition) is 1. The first-order valence-electron chi connectivity index (χ1n) is 8.37. The van der Waals surface area contributed by atoms with Gasteiger partial charge in [0.05, 0.1) is 17.8 Å². The number of hydrogen-bond acceptors (Lipinski definition) is 3. The molecule has 122 valence electrons. The highest BCUT2D eigenvalue weighted by atomic mass is 35.5. The Labute approximate surface area is 142 Å². The van der Waals surface area contributed by atoms with E-state index in [9.17, 15) is 4.79 Å². The fourth-order valence-electron chi connectivity index (χ4n) is 3.93. The fraction of sp³-hybridized carbons (Fsp3) is 0.556. The highest BCUT2D eigenvalue weighted by Crippen LogP contribution is 2.35. The van der Waals surface area contributed by atoms with E-state index in [0.717, 1.165) is 24.9 Å². The van der Waals surface area contributed by atoms with Gasteiger partial charge in [-0.05, 0) is 49.4 Å². The lowest BCUT2D eigenvalue weighted by atomic mass is 9.75. The highest BCUT2D eigenvalue weighted by molar-refractivity contribution is 6.31. The summed E-state index contributed by atoms with van der Waals surface area (Å²) < 4.78 is 0. The topological polar surface area (TPSA) is 56.1 Å². The predicted octanol–water partition coefficient (Wildman–Crippen LogP) is 3.66. The molecule has 1 saturated heterocycles. The lowest BCUT2D eigenvalue weighted by Gasteiger charge is -2.41. The molecule has 23 heavy (non-hydrogen) atoms. The third-order valence-corrected chi connectivity index (χ3v) is 5.35. The van der Waals surface area contributed by atoms with Gasteiger partial charge in [-0.3, -0.25) is 9.69 Å². The van der Waals surface area contributed by atoms with Gasteiger partial charge in [-0.2, -0.15) is 5.26 Å². The third kappa shape index (κ3) is 4.04. The van der Waals surface area contributed by atoms with Crippen LogP contribution in [-0.4, -0.2) is 30.4 Å². The summed E-state index contributed by atoms with van der Waals surface area (Å²) in [6.07, 6.45) is 6.57. The molecule has 2 fully saturated rings. The minimum absolute atomic E-state index is 0.0713. The Kier molecular flexibility index (Phi) is 5.20. The second-order valence-corrected chi connectivity index (χ2v) is 7.11. The average molecular weight is 332 g/mol. The van der Waals surface area contributed by atoms with Crippen molar-refractivity contribution in [2.45, 2.75) is 32.1 Å². The first-order valence-corrected chi connectivity index (χ1v) is 8.75. The zero-order valence-corrected chi connectivity index (χ0v) is 14.0. The van der Waals surface area contributed by atoms with Gasteiger partial charge in [-0.1, -0.05) is 30.9 Å². The predicted molar refractivity (Wildman–Crippen MR) is 91.3 cm³/mol. The van der Waals surface area contributed by atoms with Crippen molar-refractivity contribution >= 4 is 23.2 Å². The molecule has 1 aliphatic heterocycles. The Bertz CT molecular complexity index is 625. The number of nitrogens with one attached hydrogen (secondary N) is 1. The molecule has 1 aromatic carbocycles. The van der Waals surface area contributed by atoms with Crippen LogP contribution in [-0.2, 0) is 4.79 Å². The molecule has 5 heteroatoms. The monoisotopic (exact) mass is 331 g/mol. The van der Waals surface area contributed by atoms with E-state index in [4.69, 9.17) is 16.9 Å². The lowest BCUT2D eigenvalue weighted by Crippen LogP contribution is -2.44. The van der Waals surface area contributed by atoms with Gasteiger partial charge in [0.25, 0.3) is 0 Å². The third-order valence-electron chi connectivity index (χ3n) is 5.12. The second kappa shape index (κ2) is 7.33. The maximum atomic E-state index is 12.3. The Morgan fingerprint density at radius 1 is 1.30 bits per heavy atom. The normalized spacial score (nSPS) is 24.5. The molecule has 1 heterocycles. The molecule has 3 rings (SSSR count). The number of likely N-dealkylation sites (tertiary alicyclic amines) is 1. The van der Waals surface area contributed by atoms with Gasteiger partial charge in [0.15, 0.2) is 0 Å². The fourth-order valence-corrected chi connectivity index (χ4v) is 4.10. The lowest BCUT2D eigenvalue weighted by molar-refractivity contribution is -0.118. The van der Waals surface area contributed by atoms with Crippen LogP contribution in [0.1, 0.15) is 37.7 Å². The largest absolute Gasteiger partial charge is 0.324 e. The van der Waals surface area contributed by atoms with E-state index in [1.807, 2.05) is 0 Å². The maximum absolute atomic E-state index is 12.3. The molecule has 0 bridgehead atoms. The van der Waals surface area contributed by atoms with Crippen molar-refractivity contribution in [3.63, 3.8) is 0 Å². The van der Waals surface area contributed by atoms with Crippen LogP contribution in [0.3, 0.4) is 0 Å². The van der Waals surface area contributed by atoms with E-state index in [0.29, 0.717) is 22.8 Å². The number of fused-ring (bicyclic) bond motifs is 1. The molecule has 1 aromatic rings. The first-order chi connectivity index (χ1) is 11.2. The van der Waals surface area contributed by atoms with Crippen molar-refractivity contribution < 1.29 is 4.79 Å². The van der Waals surface area contributed by atoms with E-state index in [1.165, 1.54) is 32.1 Å². The Morgan fingerprint density at radius 3 is 2.87 bits per heavy atom. The molecule has 0 spiro atoms. The van der Waals surface area contributed by atoms with Gasteiger partial charge < -0.3 is 5.32 Å². The number of halogens is 1. The number of piperidine rings is 1. The Morgan fingerprint density at radius 2 is 2.09 bits per heavy atom. The number of nitrogens with zero attached hydrogens (tertiary/aromatic N) is 2. The van der Waals surface area contributed by atoms with Crippen molar-refractivity contribution in [2.75, 3.05) is 25.0 Å². The zero-order valence-electron chi connectivity index (χ0n) is 13.2. The van der Waals surface area contributed by atoms with Crippen LogP contribution in [0.2, 0.25) is 5.02 Å². The molecule has 1 saturated carbocycles. The molecule has 0 unspecified atom stereocenters. The molecule has 1 aliphatic carbocycles. The molecule has 0 radical (unpaired) electrons. The second-order valence-electron chi connectivity index (χ2n) is 6.68. The van der Waals surface area contributed by atoms with Gasteiger partial charge in [-0.25, -0.2) is 0 Å². The first kappa shape index (κ1) is 16.3. The molecule has 4 nitrogen and oxygen atoms in total. The minimum Gasteiger partial charge on any atom is -0.324 e. The van der Waals surface area contributed by atoms with Gasteiger partial charge in [0.1, 0.15) is 6.07 Å². The molecule has 0 aromatic heterocycles. The Balaban J connectivity index is 1.58. The summed E-state index contributed by atoms with van der Waals surface area (Å²) in [5.41, 5.74) is 0.936. The number of anilines is 1. The molecule has 2 atom stereocenters. The molecular formula is C18H22ClN3O. The zero-order chi connectivity index (χ0) is 16.2. The van der Waals surface area contributed by atoms with E-state index in [1.54, 1.807) is 18.2 Å². The summed E-state index contributed by atoms with van der Waals surface area (Å²) in [6.45, 7) is 2.41. The van der Waals surface area contributed by atoms with Crippen molar-refractivity contribution in [1.29, 1.82) is 5.26 Å². The maximum Gasteiger partial charge on any atom is 0.238 e. The number of amides is 1. The summed E-state index contributed by atoms with van der Waals surface area (Å²) >= 11 is 5.95. The smallest absolute Gasteiger partial charge is 0.238 e. The quantitative estimate of drug-likeness (QED) is 0.919. The van der Waals surface area contributed by atoms with Crippen molar-refractivity contribution in [3.05, 3.63) is 28.8 Å². The standard InChI is InChI=1S/C18H22ClN3O/c19-16-6-5-14(10-20)17(9-16)21-18(23)12-22-8-7-13-3-1-2-4-15(13)11-22/h5-6,9,13,15H,1-4,7-8,11-12H2,(H,21,23)/t13-,15+/m0/s1. The van der Waals surface area contributed by atoms with Crippen LogP contribution in [0.4, 0.5) is 5.69 Å². The van der Waals surface area contributed by atoms with Crippen LogP contribution >= 0.6 is 11.6 Å². The van der Waals surface area contributed by atoms with E-state index < -0.39 is 0 Å². The van der Waals surface area contributed by atoms with Crippen LogP contribution in [0.5, 0.6) is 0 Å². The van der Waals surface area contributed by atoms with Crippen molar-refractivity contribution in [1.82, 2.24) is 4.90 Å². The van der Waals surface area contributed by atoms with Gasteiger partial charge in [-0.15, -0.1) is 0 Å². The van der Waals surface area contributed by atoms with E-state index in [-0.39, 0.29) is 5.91 Å². The number of benzene rings is 1. The van der Waals surface area contributed by atoms with Gasteiger partial charge in [0, 0.05) is 11.6 Å². The summed E-state index contributed by atoms with van der Waals surface area (Å²) in [6, 6.07) is 7.00. The number of carbonyl (C=O) groups excluding carboxylic acids is 1. The molecule has 2 aliphatic rings. The number of rotatable bonds is 3. The van der Waals surface area contributed by atoms with Crippen molar-refractivity contribution in [3.8, 4) is 6.07 Å². The minimum atomic E-state index is -0.0713. The van der Waals surface area contributed by atoms with Crippen molar-refractivity contribution in [2.24, 2.45) is 11.8 Å². The Hall–Kier alpha value is -1.57. The van der Waals surface area contributed by atoms with Crippen LogP contribution in [0, 0.1) is 23.2 Å². The van der Waals surface area contributed by atoms with E-state index in [2.05, 4.69) is 16.3 Å². The van der Waals surface area contributed by atoms with Crippen LogP contribution in [0.15, 0.2) is 18.2 Å². The molecule has 1 amide bonds. The van der Waals surface area contributed by atoms with Gasteiger partial charge >= 0.3 is 0 Å². The number of nitriles is 1. The summed E-state index contributed by atoms with van der Waals surface area (Å²) in [4.78, 5) is 14.6. The highest BCUT2D eigenvalue weighted by Gasteiger charge is 2.31.